The summed E-state index contributed by atoms with van der Waals surface area (Å²) in [5.74, 6) is 0.836. The molecule has 0 amide bonds. The molecule has 3 unspecified atom stereocenters. The molecular formula is C18H31NO2. The van der Waals surface area contributed by atoms with Crippen LogP contribution in [0.25, 0.3) is 0 Å². The standard InChI is InChI=1S/C18H31NO2/c1-19-13-17(10-11-20-16(17)14-4-5-14)12-15-6-9-18(21-15)7-2-3-8-18/h14-16,19H,2-13H2,1H3. The molecule has 2 saturated carbocycles. The first kappa shape index (κ1) is 14.5. The fourth-order valence-corrected chi connectivity index (χ4v) is 5.45. The lowest BCUT2D eigenvalue weighted by atomic mass is 9.74. The number of rotatable bonds is 5. The molecule has 4 rings (SSSR count). The average Bonchev–Trinajstić information content (AvgIpc) is 2.91. The van der Waals surface area contributed by atoms with E-state index in [-0.39, 0.29) is 5.60 Å². The quantitative estimate of drug-likeness (QED) is 0.844. The first-order valence-electron chi connectivity index (χ1n) is 9.19. The summed E-state index contributed by atoms with van der Waals surface area (Å²) in [5.41, 5.74) is 0.616. The van der Waals surface area contributed by atoms with E-state index in [1.54, 1.807) is 0 Å². The van der Waals surface area contributed by atoms with Gasteiger partial charge in [-0.05, 0) is 64.3 Å². The van der Waals surface area contributed by atoms with E-state index in [0.717, 1.165) is 19.1 Å². The Morgan fingerprint density at radius 3 is 2.57 bits per heavy atom. The van der Waals surface area contributed by atoms with E-state index < -0.39 is 0 Å². The van der Waals surface area contributed by atoms with Crippen molar-refractivity contribution in [3.63, 3.8) is 0 Å². The molecular weight excluding hydrogens is 262 g/mol. The molecule has 120 valence electrons. The minimum atomic E-state index is 0.278. The summed E-state index contributed by atoms with van der Waals surface area (Å²) in [6.07, 6.45) is 14.1. The summed E-state index contributed by atoms with van der Waals surface area (Å²) in [7, 11) is 2.10. The van der Waals surface area contributed by atoms with Crippen LogP contribution in [0.5, 0.6) is 0 Å². The maximum Gasteiger partial charge on any atom is 0.0687 e. The highest BCUT2D eigenvalue weighted by atomic mass is 16.5. The van der Waals surface area contributed by atoms with Gasteiger partial charge in [-0.3, -0.25) is 0 Å². The SMILES string of the molecule is CNCC1(CC2CCC3(CCCC3)O2)CCOC1C1CC1. The predicted molar refractivity (Wildman–Crippen MR) is 83.4 cm³/mol. The molecule has 0 aromatic carbocycles. The van der Waals surface area contributed by atoms with Crippen LogP contribution in [0.3, 0.4) is 0 Å². The van der Waals surface area contributed by atoms with Gasteiger partial charge in [-0.1, -0.05) is 12.8 Å². The van der Waals surface area contributed by atoms with E-state index in [1.807, 2.05) is 0 Å². The maximum atomic E-state index is 6.61. The summed E-state index contributed by atoms with van der Waals surface area (Å²) < 4.78 is 12.8. The van der Waals surface area contributed by atoms with Crippen LogP contribution < -0.4 is 5.32 Å². The van der Waals surface area contributed by atoms with Gasteiger partial charge >= 0.3 is 0 Å². The van der Waals surface area contributed by atoms with Gasteiger partial charge < -0.3 is 14.8 Å². The normalized spacial score (nSPS) is 42.1. The fraction of sp³-hybridized carbons (Fsp3) is 1.00. The van der Waals surface area contributed by atoms with Gasteiger partial charge in [-0.25, -0.2) is 0 Å². The molecule has 21 heavy (non-hydrogen) atoms. The lowest BCUT2D eigenvalue weighted by Gasteiger charge is -2.37. The third-order valence-electron chi connectivity index (χ3n) is 6.57. The van der Waals surface area contributed by atoms with Crippen LogP contribution in [0.15, 0.2) is 0 Å². The van der Waals surface area contributed by atoms with Gasteiger partial charge in [0.2, 0.25) is 0 Å². The van der Waals surface area contributed by atoms with Crippen molar-refractivity contribution >= 4 is 0 Å². The minimum absolute atomic E-state index is 0.278. The predicted octanol–water partition coefficient (Wildman–Crippen LogP) is 3.27. The van der Waals surface area contributed by atoms with Gasteiger partial charge in [0.05, 0.1) is 17.8 Å². The number of hydrogen-bond donors (Lipinski definition) is 1. The smallest absolute Gasteiger partial charge is 0.0687 e. The molecule has 2 aliphatic carbocycles. The molecule has 1 spiro atoms. The van der Waals surface area contributed by atoms with Crippen molar-refractivity contribution in [1.82, 2.24) is 5.32 Å². The van der Waals surface area contributed by atoms with Gasteiger partial charge in [-0.2, -0.15) is 0 Å². The maximum absolute atomic E-state index is 6.61. The zero-order valence-corrected chi connectivity index (χ0v) is 13.5. The molecule has 0 aromatic heterocycles. The van der Waals surface area contributed by atoms with Crippen molar-refractivity contribution < 1.29 is 9.47 Å². The van der Waals surface area contributed by atoms with Gasteiger partial charge in [0.25, 0.3) is 0 Å². The highest BCUT2D eigenvalue weighted by Gasteiger charge is 2.53. The van der Waals surface area contributed by atoms with E-state index in [0.29, 0.717) is 17.6 Å². The second-order valence-electron chi connectivity index (χ2n) is 8.14. The van der Waals surface area contributed by atoms with E-state index in [9.17, 15) is 0 Å². The van der Waals surface area contributed by atoms with Crippen molar-refractivity contribution in [3.05, 3.63) is 0 Å². The molecule has 0 radical (unpaired) electrons. The summed E-state index contributed by atoms with van der Waals surface area (Å²) in [4.78, 5) is 0. The van der Waals surface area contributed by atoms with Gasteiger partial charge in [0.15, 0.2) is 0 Å². The van der Waals surface area contributed by atoms with Gasteiger partial charge in [-0.15, -0.1) is 0 Å². The highest BCUT2D eigenvalue weighted by molar-refractivity contribution is 5.03. The molecule has 3 heteroatoms. The Morgan fingerprint density at radius 2 is 1.86 bits per heavy atom. The average molecular weight is 293 g/mol. The van der Waals surface area contributed by atoms with E-state index in [4.69, 9.17) is 9.47 Å². The molecule has 2 saturated heterocycles. The molecule has 3 atom stereocenters. The lowest BCUT2D eigenvalue weighted by molar-refractivity contribution is -0.0657. The lowest BCUT2D eigenvalue weighted by Crippen LogP contribution is -2.43. The number of ether oxygens (including phenoxy) is 2. The van der Waals surface area contributed by atoms with Crippen molar-refractivity contribution in [2.75, 3.05) is 20.2 Å². The Bertz CT molecular complexity index is 375. The minimum Gasteiger partial charge on any atom is -0.377 e. The van der Waals surface area contributed by atoms with Crippen molar-refractivity contribution in [2.45, 2.75) is 82.0 Å². The highest BCUT2D eigenvalue weighted by Crippen LogP contribution is 2.52. The topological polar surface area (TPSA) is 30.5 Å². The molecule has 2 aliphatic heterocycles. The zero-order valence-electron chi connectivity index (χ0n) is 13.5. The van der Waals surface area contributed by atoms with Crippen LogP contribution in [0, 0.1) is 11.3 Å². The molecule has 2 heterocycles. The Kier molecular flexibility index (Phi) is 3.79. The molecule has 4 aliphatic rings. The first-order valence-corrected chi connectivity index (χ1v) is 9.19. The van der Waals surface area contributed by atoms with E-state index in [1.165, 1.54) is 64.2 Å². The van der Waals surface area contributed by atoms with Gasteiger partial charge in [0, 0.05) is 18.6 Å². The summed E-state index contributed by atoms with van der Waals surface area (Å²) in [6, 6.07) is 0. The third kappa shape index (κ3) is 2.66. The summed E-state index contributed by atoms with van der Waals surface area (Å²) >= 11 is 0. The molecule has 1 N–H and O–H groups in total. The van der Waals surface area contributed by atoms with Crippen molar-refractivity contribution in [1.29, 1.82) is 0 Å². The van der Waals surface area contributed by atoms with Crippen molar-refractivity contribution in [3.8, 4) is 0 Å². The van der Waals surface area contributed by atoms with Crippen LogP contribution in [0.1, 0.15) is 64.2 Å². The fourth-order valence-electron chi connectivity index (χ4n) is 5.45. The number of hydrogen-bond acceptors (Lipinski definition) is 3. The molecule has 3 nitrogen and oxygen atoms in total. The molecule has 0 bridgehead atoms. The van der Waals surface area contributed by atoms with Gasteiger partial charge in [0.1, 0.15) is 0 Å². The molecule has 4 fully saturated rings. The zero-order chi connectivity index (χ0) is 14.3. The van der Waals surface area contributed by atoms with Crippen LogP contribution >= 0.6 is 0 Å². The molecule has 0 aromatic rings. The number of nitrogens with one attached hydrogen (secondary N) is 1. The second kappa shape index (κ2) is 5.50. The third-order valence-corrected chi connectivity index (χ3v) is 6.57. The largest absolute Gasteiger partial charge is 0.377 e. The Balaban J connectivity index is 1.45. The first-order chi connectivity index (χ1) is 10.3. The van der Waals surface area contributed by atoms with Crippen LogP contribution in [-0.2, 0) is 9.47 Å². The van der Waals surface area contributed by atoms with Crippen LogP contribution in [-0.4, -0.2) is 38.0 Å². The van der Waals surface area contributed by atoms with Crippen LogP contribution in [0.2, 0.25) is 0 Å². The monoisotopic (exact) mass is 293 g/mol. The second-order valence-corrected chi connectivity index (χ2v) is 8.14. The van der Waals surface area contributed by atoms with Crippen LogP contribution in [0.4, 0.5) is 0 Å². The Hall–Kier alpha value is -0.120. The Labute approximate surface area is 129 Å². The Morgan fingerprint density at radius 1 is 1.05 bits per heavy atom. The summed E-state index contributed by atoms with van der Waals surface area (Å²) in [5, 5.41) is 3.46. The summed E-state index contributed by atoms with van der Waals surface area (Å²) in [6.45, 7) is 2.06. The van der Waals surface area contributed by atoms with Crippen molar-refractivity contribution in [2.24, 2.45) is 11.3 Å². The van der Waals surface area contributed by atoms with E-state index in [2.05, 4.69) is 12.4 Å². The van der Waals surface area contributed by atoms with E-state index >= 15 is 0 Å².